The van der Waals surface area contributed by atoms with Crippen LogP contribution >= 0.6 is 0 Å². The smallest absolute Gasteiger partial charge is 0.414 e. The van der Waals surface area contributed by atoms with Crippen molar-refractivity contribution in [3.05, 3.63) is 12.4 Å². The maximum absolute atomic E-state index is 11.6. The second kappa shape index (κ2) is 4.44. The lowest BCUT2D eigenvalue weighted by Gasteiger charge is -2.26. The van der Waals surface area contributed by atoms with Crippen molar-refractivity contribution in [2.45, 2.75) is 26.4 Å². The van der Waals surface area contributed by atoms with Crippen LogP contribution in [0.4, 0.5) is 4.79 Å². The van der Waals surface area contributed by atoms with E-state index in [9.17, 15) is 4.79 Å². The van der Waals surface area contributed by atoms with Gasteiger partial charge in [0.2, 0.25) is 0 Å². The van der Waals surface area contributed by atoms with Crippen molar-refractivity contribution in [3.63, 3.8) is 0 Å². The zero-order chi connectivity index (χ0) is 11.5. The van der Waals surface area contributed by atoms with E-state index < -0.39 is 11.7 Å². The number of ether oxygens (including phenoxy) is 1. The quantitative estimate of drug-likeness (QED) is 0.709. The number of nitrogens with zero attached hydrogens (tertiary/aromatic N) is 2. The molecule has 5 heteroatoms. The van der Waals surface area contributed by atoms with E-state index in [0.717, 1.165) is 0 Å². The van der Waals surface area contributed by atoms with E-state index in [0.29, 0.717) is 5.71 Å². The molecule has 84 valence electrons. The van der Waals surface area contributed by atoms with Gasteiger partial charge in [0.15, 0.2) is 0 Å². The zero-order valence-electron chi connectivity index (χ0n) is 9.23. The van der Waals surface area contributed by atoms with Crippen LogP contribution in [0.15, 0.2) is 17.4 Å². The van der Waals surface area contributed by atoms with Gasteiger partial charge in [-0.1, -0.05) is 0 Å². The molecule has 0 saturated carbocycles. The Labute approximate surface area is 89.1 Å². The topological polar surface area (TPSA) is 62.1 Å². The van der Waals surface area contributed by atoms with Gasteiger partial charge in [-0.15, -0.1) is 0 Å². The highest BCUT2D eigenvalue weighted by molar-refractivity contribution is 5.91. The van der Waals surface area contributed by atoms with Crippen LogP contribution in [0.25, 0.3) is 0 Å². The molecule has 0 aromatic carbocycles. The molecule has 0 saturated heterocycles. The minimum absolute atomic E-state index is 0.149. The van der Waals surface area contributed by atoms with Crippen LogP contribution in [-0.4, -0.2) is 40.6 Å². The number of amides is 1. The SMILES string of the molecule is CC(C)(C)OC(=O)N1C=CN=C(CO)C1. The van der Waals surface area contributed by atoms with Gasteiger partial charge < -0.3 is 9.84 Å². The summed E-state index contributed by atoms with van der Waals surface area (Å²) < 4.78 is 5.17. The van der Waals surface area contributed by atoms with Crippen LogP contribution in [0.1, 0.15) is 20.8 Å². The summed E-state index contributed by atoms with van der Waals surface area (Å²) >= 11 is 0. The van der Waals surface area contributed by atoms with Crippen molar-refractivity contribution < 1.29 is 14.6 Å². The number of hydrogen-bond acceptors (Lipinski definition) is 4. The number of carbonyl (C=O) groups is 1. The van der Waals surface area contributed by atoms with Gasteiger partial charge >= 0.3 is 6.09 Å². The summed E-state index contributed by atoms with van der Waals surface area (Å²) in [6.45, 7) is 5.55. The molecule has 0 spiro atoms. The summed E-state index contributed by atoms with van der Waals surface area (Å²) in [6, 6.07) is 0. The number of aliphatic hydroxyl groups is 1. The third-order valence-electron chi connectivity index (χ3n) is 1.67. The number of aliphatic hydroxyl groups excluding tert-OH is 1. The van der Waals surface area contributed by atoms with Crippen molar-refractivity contribution in [3.8, 4) is 0 Å². The molecule has 0 radical (unpaired) electrons. The van der Waals surface area contributed by atoms with Crippen LogP contribution in [0.3, 0.4) is 0 Å². The van der Waals surface area contributed by atoms with Gasteiger partial charge in [-0.2, -0.15) is 0 Å². The summed E-state index contributed by atoms with van der Waals surface area (Å²) in [5.41, 5.74) is 0.0298. The minimum Gasteiger partial charge on any atom is -0.443 e. The van der Waals surface area contributed by atoms with E-state index >= 15 is 0 Å². The summed E-state index contributed by atoms with van der Waals surface area (Å²) in [5.74, 6) is 0. The molecule has 1 rings (SSSR count). The van der Waals surface area contributed by atoms with Crippen molar-refractivity contribution in [2.24, 2.45) is 4.99 Å². The van der Waals surface area contributed by atoms with Gasteiger partial charge in [0.25, 0.3) is 0 Å². The fourth-order valence-corrected chi connectivity index (χ4v) is 1.05. The first-order valence-corrected chi connectivity index (χ1v) is 4.75. The van der Waals surface area contributed by atoms with Gasteiger partial charge in [-0.25, -0.2) is 4.79 Å². The van der Waals surface area contributed by atoms with Gasteiger partial charge in [0.05, 0.1) is 18.9 Å². The lowest BCUT2D eigenvalue weighted by Crippen LogP contribution is -2.38. The van der Waals surface area contributed by atoms with E-state index in [4.69, 9.17) is 9.84 Å². The molecule has 1 aliphatic rings. The van der Waals surface area contributed by atoms with E-state index in [1.165, 1.54) is 17.3 Å². The number of carbonyl (C=O) groups excluding carboxylic acids is 1. The molecule has 5 nitrogen and oxygen atoms in total. The van der Waals surface area contributed by atoms with Crippen LogP contribution in [0.2, 0.25) is 0 Å². The number of aliphatic imine (C=N–C) groups is 1. The fourth-order valence-electron chi connectivity index (χ4n) is 1.05. The lowest BCUT2D eigenvalue weighted by molar-refractivity contribution is 0.0354. The van der Waals surface area contributed by atoms with Gasteiger partial charge in [-0.05, 0) is 20.8 Å². The standard InChI is InChI=1S/C10H16N2O3/c1-10(2,3)15-9(14)12-5-4-11-8(6-12)7-13/h4-5,13H,6-7H2,1-3H3. The predicted molar refractivity (Wildman–Crippen MR) is 56.6 cm³/mol. The maximum Gasteiger partial charge on any atom is 0.414 e. The van der Waals surface area contributed by atoms with Crippen LogP contribution in [0, 0.1) is 0 Å². The molecule has 0 aliphatic carbocycles. The molecule has 1 aliphatic heterocycles. The van der Waals surface area contributed by atoms with Crippen molar-refractivity contribution in [1.29, 1.82) is 0 Å². The molecule has 0 aromatic rings. The number of rotatable bonds is 1. The fraction of sp³-hybridized carbons (Fsp3) is 0.600. The summed E-state index contributed by atoms with van der Waals surface area (Å²) in [5, 5.41) is 8.88. The highest BCUT2D eigenvalue weighted by atomic mass is 16.6. The van der Waals surface area contributed by atoms with Crippen LogP contribution in [-0.2, 0) is 4.74 Å². The Bertz CT molecular complexity index is 302. The Morgan fingerprint density at radius 3 is 2.87 bits per heavy atom. The predicted octanol–water partition coefficient (Wildman–Crippen LogP) is 1.14. The van der Waals surface area contributed by atoms with E-state index in [1.807, 2.05) is 0 Å². The normalized spacial score (nSPS) is 16.3. The van der Waals surface area contributed by atoms with Gasteiger partial charge in [-0.3, -0.25) is 9.89 Å². The molecule has 0 atom stereocenters. The third-order valence-corrected chi connectivity index (χ3v) is 1.67. The van der Waals surface area contributed by atoms with Crippen molar-refractivity contribution in [1.82, 2.24) is 4.90 Å². The average Bonchev–Trinajstić information content (AvgIpc) is 2.15. The first-order valence-electron chi connectivity index (χ1n) is 4.75. The van der Waals surface area contributed by atoms with Crippen molar-refractivity contribution in [2.75, 3.05) is 13.2 Å². The molecule has 0 unspecified atom stereocenters. The molecule has 0 aromatic heterocycles. The Balaban J connectivity index is 2.57. The summed E-state index contributed by atoms with van der Waals surface area (Å²) in [4.78, 5) is 16.9. The molecule has 15 heavy (non-hydrogen) atoms. The largest absolute Gasteiger partial charge is 0.443 e. The Morgan fingerprint density at radius 2 is 2.33 bits per heavy atom. The molecular formula is C10H16N2O3. The van der Waals surface area contributed by atoms with Crippen LogP contribution in [0.5, 0.6) is 0 Å². The third kappa shape index (κ3) is 3.71. The van der Waals surface area contributed by atoms with Gasteiger partial charge in [0.1, 0.15) is 5.60 Å². The molecule has 1 heterocycles. The Hall–Kier alpha value is -1.36. The van der Waals surface area contributed by atoms with Crippen LogP contribution < -0.4 is 0 Å². The molecule has 1 amide bonds. The molecule has 0 fully saturated rings. The first kappa shape index (κ1) is 11.7. The first-order chi connectivity index (χ1) is 6.92. The average molecular weight is 212 g/mol. The highest BCUT2D eigenvalue weighted by Gasteiger charge is 2.22. The highest BCUT2D eigenvalue weighted by Crippen LogP contribution is 2.11. The summed E-state index contributed by atoms with van der Waals surface area (Å²) in [6.07, 6.45) is 2.58. The monoisotopic (exact) mass is 212 g/mol. The lowest BCUT2D eigenvalue weighted by atomic mass is 10.2. The van der Waals surface area contributed by atoms with E-state index in [2.05, 4.69) is 4.99 Å². The van der Waals surface area contributed by atoms with Crippen molar-refractivity contribution >= 4 is 11.8 Å². The Morgan fingerprint density at radius 1 is 1.67 bits per heavy atom. The van der Waals surface area contributed by atoms with Gasteiger partial charge in [0, 0.05) is 12.4 Å². The van der Waals surface area contributed by atoms with E-state index in [-0.39, 0.29) is 13.2 Å². The molecular weight excluding hydrogens is 196 g/mol. The second-order valence-corrected chi connectivity index (χ2v) is 4.26. The maximum atomic E-state index is 11.6. The second-order valence-electron chi connectivity index (χ2n) is 4.26. The van der Waals surface area contributed by atoms with E-state index in [1.54, 1.807) is 20.8 Å². The zero-order valence-corrected chi connectivity index (χ0v) is 9.23. The Kier molecular flexibility index (Phi) is 3.47. The number of hydrogen-bond donors (Lipinski definition) is 1. The minimum atomic E-state index is -0.515. The summed E-state index contributed by atoms with van der Waals surface area (Å²) in [7, 11) is 0. The molecule has 1 N–H and O–H groups in total. The molecule has 0 bridgehead atoms.